The van der Waals surface area contributed by atoms with Crippen LogP contribution < -0.4 is 10.3 Å². The van der Waals surface area contributed by atoms with Crippen LogP contribution in [0.4, 0.5) is 0 Å². The van der Waals surface area contributed by atoms with Gasteiger partial charge in [0.1, 0.15) is 16.9 Å². The Hall–Kier alpha value is -2.18. The second-order valence-electron chi connectivity index (χ2n) is 5.04. The third-order valence-corrected chi connectivity index (χ3v) is 4.83. The maximum absolute atomic E-state index is 12.7. The molecule has 0 bridgehead atoms. The molecule has 0 atom stereocenters. The van der Waals surface area contributed by atoms with Crippen LogP contribution in [0.1, 0.15) is 16.6 Å². The molecule has 0 radical (unpaired) electrons. The van der Waals surface area contributed by atoms with Gasteiger partial charge in [-0.1, -0.05) is 18.2 Å². The zero-order valence-corrected chi connectivity index (χ0v) is 13.8. The summed E-state index contributed by atoms with van der Waals surface area (Å²) < 4.78 is 13.3. The Kier molecular flexibility index (Phi) is 4.45. The van der Waals surface area contributed by atoms with Crippen LogP contribution in [0, 0.1) is 0 Å². The van der Waals surface area contributed by atoms with Crippen LogP contribution in [0.5, 0.6) is 5.75 Å². The SMILES string of the molecule is CCOCCOc1c(C=O)sc2c1c(=O)n(C)c1ccccc21. The number of carbonyl (C=O) groups is 1. The molecule has 120 valence electrons. The van der Waals surface area contributed by atoms with E-state index in [2.05, 4.69) is 0 Å². The van der Waals surface area contributed by atoms with Gasteiger partial charge in [0.2, 0.25) is 0 Å². The molecular formula is C17H17NO4S. The standard InChI is InChI=1S/C17H17NO4S/c1-3-21-8-9-22-15-13(10-19)23-16-11-6-4-5-7-12(11)18(2)17(20)14(15)16/h4-7,10H,3,8-9H2,1-2H3. The van der Waals surface area contributed by atoms with Gasteiger partial charge in [-0.2, -0.15) is 0 Å². The van der Waals surface area contributed by atoms with Gasteiger partial charge >= 0.3 is 0 Å². The molecule has 3 aromatic rings. The monoisotopic (exact) mass is 331 g/mol. The molecule has 0 saturated heterocycles. The number of aryl methyl sites for hydroxylation is 1. The molecule has 0 aliphatic rings. The Morgan fingerprint density at radius 2 is 2.04 bits per heavy atom. The van der Waals surface area contributed by atoms with Crippen molar-refractivity contribution >= 4 is 38.6 Å². The van der Waals surface area contributed by atoms with Gasteiger partial charge in [0, 0.05) is 19.0 Å². The quantitative estimate of drug-likeness (QED) is 0.515. The summed E-state index contributed by atoms with van der Waals surface area (Å²) in [6.07, 6.45) is 0.745. The second kappa shape index (κ2) is 6.52. The van der Waals surface area contributed by atoms with Crippen molar-refractivity contribution in [3.05, 3.63) is 39.5 Å². The van der Waals surface area contributed by atoms with Crippen molar-refractivity contribution < 1.29 is 14.3 Å². The lowest BCUT2D eigenvalue weighted by atomic mass is 10.1. The molecule has 23 heavy (non-hydrogen) atoms. The van der Waals surface area contributed by atoms with Gasteiger partial charge in [-0.25, -0.2) is 0 Å². The highest BCUT2D eigenvalue weighted by Gasteiger charge is 2.20. The number of hydrogen-bond donors (Lipinski definition) is 0. The minimum atomic E-state index is -0.158. The van der Waals surface area contributed by atoms with E-state index < -0.39 is 0 Å². The van der Waals surface area contributed by atoms with Crippen LogP contribution in [0.3, 0.4) is 0 Å². The first-order chi connectivity index (χ1) is 11.2. The normalized spacial score (nSPS) is 11.2. The van der Waals surface area contributed by atoms with Crippen LogP contribution in [-0.2, 0) is 11.8 Å². The number of aldehydes is 1. The highest BCUT2D eigenvalue weighted by atomic mass is 32.1. The molecule has 1 aromatic carbocycles. The van der Waals surface area contributed by atoms with Gasteiger partial charge < -0.3 is 14.0 Å². The Morgan fingerprint density at radius 1 is 1.26 bits per heavy atom. The van der Waals surface area contributed by atoms with Gasteiger partial charge in [0.15, 0.2) is 12.0 Å². The van der Waals surface area contributed by atoms with Crippen LogP contribution in [0.15, 0.2) is 29.1 Å². The summed E-state index contributed by atoms with van der Waals surface area (Å²) in [5.74, 6) is 0.367. The summed E-state index contributed by atoms with van der Waals surface area (Å²) in [6.45, 7) is 3.22. The summed E-state index contributed by atoms with van der Waals surface area (Å²) in [4.78, 5) is 24.6. The number of thiophene rings is 1. The molecule has 0 aliphatic carbocycles. The first-order valence-electron chi connectivity index (χ1n) is 7.39. The number of carbonyl (C=O) groups excluding carboxylic acids is 1. The minimum Gasteiger partial charge on any atom is -0.489 e. The van der Waals surface area contributed by atoms with Crippen molar-refractivity contribution in [1.29, 1.82) is 0 Å². The third-order valence-electron chi connectivity index (χ3n) is 3.70. The van der Waals surface area contributed by atoms with Crippen LogP contribution in [0.25, 0.3) is 21.0 Å². The molecule has 0 fully saturated rings. The number of aromatic nitrogens is 1. The summed E-state index contributed by atoms with van der Waals surface area (Å²) in [5, 5.41) is 1.41. The smallest absolute Gasteiger partial charge is 0.263 e. The zero-order valence-electron chi connectivity index (χ0n) is 13.0. The Balaban J connectivity index is 2.23. The van der Waals surface area contributed by atoms with Gasteiger partial charge in [0.05, 0.1) is 16.8 Å². The largest absolute Gasteiger partial charge is 0.489 e. The number of ether oxygens (including phenoxy) is 2. The summed E-state index contributed by atoms with van der Waals surface area (Å²) >= 11 is 1.29. The van der Waals surface area contributed by atoms with Gasteiger partial charge in [-0.15, -0.1) is 11.3 Å². The molecule has 0 unspecified atom stereocenters. The number of benzene rings is 1. The van der Waals surface area contributed by atoms with Crippen LogP contribution >= 0.6 is 11.3 Å². The van der Waals surface area contributed by atoms with Gasteiger partial charge in [-0.05, 0) is 13.0 Å². The number of fused-ring (bicyclic) bond motifs is 3. The van der Waals surface area contributed by atoms with E-state index in [0.717, 1.165) is 21.9 Å². The molecule has 0 aliphatic heterocycles. The maximum Gasteiger partial charge on any atom is 0.263 e. The molecular weight excluding hydrogens is 314 g/mol. The number of para-hydroxylation sites is 1. The fourth-order valence-electron chi connectivity index (χ4n) is 2.62. The number of pyridine rings is 1. The van der Waals surface area contributed by atoms with Crippen molar-refractivity contribution in [1.82, 2.24) is 4.57 Å². The molecule has 0 spiro atoms. The van der Waals surface area contributed by atoms with E-state index in [1.165, 1.54) is 11.3 Å². The van der Waals surface area contributed by atoms with E-state index in [1.807, 2.05) is 31.2 Å². The average molecular weight is 331 g/mol. The fourth-order valence-corrected chi connectivity index (χ4v) is 3.71. The van der Waals surface area contributed by atoms with Gasteiger partial charge in [0.25, 0.3) is 5.56 Å². The molecule has 0 N–H and O–H groups in total. The van der Waals surface area contributed by atoms with Crippen molar-refractivity contribution in [3.8, 4) is 5.75 Å². The van der Waals surface area contributed by atoms with Gasteiger partial charge in [-0.3, -0.25) is 9.59 Å². The molecule has 6 heteroatoms. The molecule has 0 saturated carbocycles. The Bertz CT molecular complexity index is 926. The maximum atomic E-state index is 12.7. The lowest BCUT2D eigenvalue weighted by molar-refractivity contribution is 0.107. The molecule has 3 rings (SSSR count). The van der Waals surface area contributed by atoms with Crippen molar-refractivity contribution in [2.45, 2.75) is 6.92 Å². The molecule has 0 amide bonds. The molecule has 2 heterocycles. The van der Waals surface area contributed by atoms with E-state index in [4.69, 9.17) is 9.47 Å². The first kappa shape index (κ1) is 15.7. The summed E-state index contributed by atoms with van der Waals surface area (Å²) in [5.41, 5.74) is 0.680. The average Bonchev–Trinajstić information content (AvgIpc) is 2.95. The highest BCUT2D eigenvalue weighted by molar-refractivity contribution is 7.22. The Labute approximate surface area is 137 Å². The highest BCUT2D eigenvalue weighted by Crippen LogP contribution is 2.38. The number of hydrogen-bond acceptors (Lipinski definition) is 5. The lowest BCUT2D eigenvalue weighted by Gasteiger charge is -2.08. The minimum absolute atomic E-state index is 0.158. The lowest BCUT2D eigenvalue weighted by Crippen LogP contribution is -2.17. The van der Waals surface area contributed by atoms with E-state index in [1.54, 1.807) is 11.6 Å². The first-order valence-corrected chi connectivity index (χ1v) is 8.20. The van der Waals surface area contributed by atoms with E-state index in [9.17, 15) is 9.59 Å². The molecule has 2 aromatic heterocycles. The van der Waals surface area contributed by atoms with Crippen molar-refractivity contribution in [2.75, 3.05) is 19.8 Å². The third kappa shape index (κ3) is 2.64. The second-order valence-corrected chi connectivity index (χ2v) is 6.10. The fraction of sp³-hybridized carbons (Fsp3) is 0.294. The van der Waals surface area contributed by atoms with Crippen molar-refractivity contribution in [2.24, 2.45) is 7.05 Å². The van der Waals surface area contributed by atoms with Crippen LogP contribution in [-0.4, -0.2) is 30.7 Å². The van der Waals surface area contributed by atoms with E-state index in [-0.39, 0.29) is 5.56 Å². The molecule has 5 nitrogen and oxygen atoms in total. The zero-order chi connectivity index (χ0) is 16.4. The number of rotatable bonds is 6. The van der Waals surface area contributed by atoms with E-state index in [0.29, 0.717) is 35.8 Å². The topological polar surface area (TPSA) is 57.5 Å². The Morgan fingerprint density at radius 3 is 2.78 bits per heavy atom. The summed E-state index contributed by atoms with van der Waals surface area (Å²) in [7, 11) is 1.73. The predicted octanol–water partition coefficient (Wildman–Crippen LogP) is 2.98. The summed E-state index contributed by atoms with van der Waals surface area (Å²) in [6, 6.07) is 7.65. The van der Waals surface area contributed by atoms with E-state index >= 15 is 0 Å². The predicted molar refractivity (Wildman–Crippen MR) is 91.9 cm³/mol. The van der Waals surface area contributed by atoms with Crippen LogP contribution in [0.2, 0.25) is 0 Å². The van der Waals surface area contributed by atoms with Crippen molar-refractivity contribution in [3.63, 3.8) is 0 Å². The number of nitrogens with zero attached hydrogens (tertiary/aromatic N) is 1.